The summed E-state index contributed by atoms with van der Waals surface area (Å²) in [6.07, 6.45) is 11.2. The fraction of sp³-hybridized carbons (Fsp3) is 0.455. The first-order valence-electron chi connectivity index (χ1n) is 15.0. The number of methoxy groups -OCH3 is 2. The van der Waals surface area contributed by atoms with E-state index in [2.05, 4.69) is 15.1 Å². The second-order valence-electron chi connectivity index (χ2n) is 12.3. The van der Waals surface area contributed by atoms with Crippen LogP contribution < -0.4 is 14.2 Å². The van der Waals surface area contributed by atoms with Gasteiger partial charge in [-0.3, -0.25) is 4.98 Å². The number of benzene rings is 1. The van der Waals surface area contributed by atoms with Gasteiger partial charge in [0.25, 0.3) is 0 Å². The Kier molecular flexibility index (Phi) is 7.37. The van der Waals surface area contributed by atoms with E-state index in [1.54, 1.807) is 50.9 Å². The molecule has 4 saturated carbocycles. The lowest BCUT2D eigenvalue weighted by Crippen LogP contribution is -2.49. The summed E-state index contributed by atoms with van der Waals surface area (Å²) >= 11 is 6.57. The maximum Gasteiger partial charge on any atom is 0.335 e. The van der Waals surface area contributed by atoms with Gasteiger partial charge in [-0.1, -0.05) is 16.8 Å². The van der Waals surface area contributed by atoms with Gasteiger partial charge in [0.05, 0.1) is 60.9 Å². The first-order valence-corrected chi connectivity index (χ1v) is 15.4. The summed E-state index contributed by atoms with van der Waals surface area (Å²) in [5.41, 5.74) is 2.97. The minimum Gasteiger partial charge on any atom is -0.496 e. The molecule has 1 N–H and O–H groups in total. The molecule has 4 aromatic rings. The van der Waals surface area contributed by atoms with E-state index in [-0.39, 0.29) is 16.6 Å². The van der Waals surface area contributed by atoms with Crippen LogP contribution in [-0.4, -0.2) is 52.6 Å². The SMILES string of the molecule is COc1cncc(Cl)c1-c1noc(C2CC2)c1COC12CCC(COc3cc(OC)c4cc(C(=O)O)ccc4n3)(CC1)CC2. The molecule has 44 heavy (non-hydrogen) atoms. The number of hydrogen-bond donors (Lipinski definition) is 1. The van der Waals surface area contributed by atoms with E-state index in [4.69, 9.17) is 35.1 Å². The predicted octanol–water partition coefficient (Wildman–Crippen LogP) is 7.22. The number of ether oxygens (including phenoxy) is 4. The van der Waals surface area contributed by atoms with Gasteiger partial charge in [-0.15, -0.1) is 0 Å². The van der Waals surface area contributed by atoms with Gasteiger partial charge in [0.1, 0.15) is 23.0 Å². The van der Waals surface area contributed by atoms with Crippen molar-refractivity contribution in [1.82, 2.24) is 15.1 Å². The number of halogens is 1. The van der Waals surface area contributed by atoms with E-state index in [0.717, 1.165) is 62.7 Å². The number of rotatable bonds is 11. The highest BCUT2D eigenvalue weighted by atomic mass is 35.5. The predicted molar refractivity (Wildman–Crippen MR) is 162 cm³/mol. The van der Waals surface area contributed by atoms with Crippen LogP contribution >= 0.6 is 11.6 Å². The van der Waals surface area contributed by atoms with Crippen LogP contribution in [0.1, 0.15) is 79.0 Å². The molecule has 3 aromatic heterocycles. The number of aromatic carboxylic acids is 1. The summed E-state index contributed by atoms with van der Waals surface area (Å²) in [5.74, 6) is 1.82. The number of hydrogen-bond acceptors (Lipinski definition) is 9. The zero-order valence-electron chi connectivity index (χ0n) is 24.7. The number of carboxylic acid groups (broad SMARTS) is 1. The fourth-order valence-electron chi connectivity index (χ4n) is 6.79. The molecule has 2 bridgehead atoms. The molecule has 0 atom stereocenters. The van der Waals surface area contributed by atoms with Crippen LogP contribution in [0.25, 0.3) is 22.2 Å². The van der Waals surface area contributed by atoms with Gasteiger partial charge in [-0.25, -0.2) is 9.78 Å². The molecule has 10 nitrogen and oxygen atoms in total. The quantitative estimate of drug-likeness (QED) is 0.184. The largest absolute Gasteiger partial charge is 0.496 e. The van der Waals surface area contributed by atoms with Crippen LogP contribution in [0.4, 0.5) is 0 Å². The number of carbonyl (C=O) groups is 1. The highest BCUT2D eigenvalue weighted by Gasteiger charge is 2.50. The van der Waals surface area contributed by atoms with E-state index in [0.29, 0.717) is 63.7 Å². The van der Waals surface area contributed by atoms with Crippen molar-refractivity contribution in [2.24, 2.45) is 5.41 Å². The van der Waals surface area contributed by atoms with Crippen molar-refractivity contribution in [1.29, 1.82) is 0 Å². The Labute approximate surface area is 259 Å². The first kappa shape index (κ1) is 28.9. The Morgan fingerprint density at radius 2 is 1.80 bits per heavy atom. The van der Waals surface area contributed by atoms with E-state index >= 15 is 0 Å². The maximum atomic E-state index is 11.4. The van der Waals surface area contributed by atoms with Gasteiger partial charge in [0.2, 0.25) is 5.88 Å². The smallest absolute Gasteiger partial charge is 0.335 e. The Bertz CT molecular complexity index is 1710. The zero-order valence-corrected chi connectivity index (χ0v) is 25.5. The monoisotopic (exact) mass is 619 g/mol. The highest BCUT2D eigenvalue weighted by Crippen LogP contribution is 2.55. The minimum atomic E-state index is -0.994. The Morgan fingerprint density at radius 1 is 1.05 bits per heavy atom. The van der Waals surface area contributed by atoms with Crippen molar-refractivity contribution in [3.63, 3.8) is 0 Å². The zero-order chi connectivity index (χ0) is 30.5. The van der Waals surface area contributed by atoms with E-state index < -0.39 is 5.97 Å². The number of pyridine rings is 2. The molecule has 11 heteroatoms. The van der Waals surface area contributed by atoms with Crippen LogP contribution in [0.5, 0.6) is 17.4 Å². The van der Waals surface area contributed by atoms with Gasteiger partial charge in [0, 0.05) is 34.5 Å². The van der Waals surface area contributed by atoms with Crippen molar-refractivity contribution in [2.45, 2.75) is 69.5 Å². The van der Waals surface area contributed by atoms with E-state index in [9.17, 15) is 9.90 Å². The molecular weight excluding hydrogens is 586 g/mol. The van der Waals surface area contributed by atoms with Crippen LogP contribution in [-0.2, 0) is 11.3 Å². The fourth-order valence-corrected chi connectivity index (χ4v) is 7.03. The molecule has 0 spiro atoms. The van der Waals surface area contributed by atoms with Crippen LogP contribution in [0.15, 0.2) is 41.2 Å². The molecule has 4 fully saturated rings. The van der Waals surface area contributed by atoms with Crippen LogP contribution in [0.2, 0.25) is 5.02 Å². The number of carboxylic acids is 1. The number of fused-ring (bicyclic) bond motifs is 4. The lowest BCUT2D eigenvalue weighted by atomic mass is 9.59. The third kappa shape index (κ3) is 5.24. The normalized spacial score (nSPS) is 22.7. The molecule has 0 unspecified atom stereocenters. The van der Waals surface area contributed by atoms with Gasteiger partial charge in [-0.05, 0) is 69.6 Å². The molecule has 1 aromatic carbocycles. The number of nitrogens with zero attached hydrogens (tertiary/aromatic N) is 3. The highest BCUT2D eigenvalue weighted by molar-refractivity contribution is 6.33. The lowest BCUT2D eigenvalue weighted by molar-refractivity contribution is -0.150. The van der Waals surface area contributed by atoms with Gasteiger partial charge < -0.3 is 28.6 Å². The van der Waals surface area contributed by atoms with Gasteiger partial charge in [0.15, 0.2) is 0 Å². The molecule has 8 rings (SSSR count). The Morgan fingerprint density at radius 3 is 2.48 bits per heavy atom. The summed E-state index contributed by atoms with van der Waals surface area (Å²) in [6, 6.07) is 6.54. The summed E-state index contributed by atoms with van der Waals surface area (Å²) in [6.45, 7) is 0.959. The standard InChI is InChI=1S/C33H34ClN3O7/c1-40-25-14-27(36-24-6-5-20(31(38)39)13-21(24)25)42-18-32-7-10-33(11-8-32,12-9-32)43-17-22-29(37-44-30(22)19-3-4-19)28-23(34)15-35-16-26(28)41-2/h5-6,13-16,19H,3-4,7-12,17-18H2,1-2H3,(H,38,39). The van der Waals surface area contributed by atoms with Gasteiger partial charge >= 0.3 is 5.97 Å². The average Bonchev–Trinajstić information content (AvgIpc) is 3.82. The Hall–Kier alpha value is -3.89. The summed E-state index contributed by atoms with van der Waals surface area (Å²) < 4.78 is 30.1. The topological polar surface area (TPSA) is 126 Å². The second-order valence-corrected chi connectivity index (χ2v) is 12.7. The third-order valence-corrected chi connectivity index (χ3v) is 9.97. The van der Waals surface area contributed by atoms with Crippen LogP contribution in [0.3, 0.4) is 0 Å². The molecule has 0 saturated heterocycles. The van der Waals surface area contributed by atoms with E-state index in [1.165, 1.54) is 0 Å². The molecular formula is C33H34ClN3O7. The minimum absolute atomic E-state index is 0.0571. The molecule has 230 valence electrons. The maximum absolute atomic E-state index is 11.4. The summed E-state index contributed by atoms with van der Waals surface area (Å²) in [7, 11) is 3.15. The summed E-state index contributed by atoms with van der Waals surface area (Å²) in [4.78, 5) is 20.2. The molecule has 4 aliphatic rings. The molecule has 0 amide bonds. The average molecular weight is 620 g/mol. The summed E-state index contributed by atoms with van der Waals surface area (Å²) in [5, 5.41) is 14.9. The lowest BCUT2D eigenvalue weighted by Gasteiger charge is -2.52. The molecule has 0 aliphatic heterocycles. The van der Waals surface area contributed by atoms with Crippen molar-refractivity contribution >= 4 is 28.5 Å². The molecule has 3 heterocycles. The molecule has 4 aliphatic carbocycles. The van der Waals surface area contributed by atoms with E-state index in [1.807, 2.05) is 0 Å². The third-order valence-electron chi connectivity index (χ3n) is 9.68. The van der Waals surface area contributed by atoms with Crippen molar-refractivity contribution < 1.29 is 33.4 Å². The second kappa shape index (κ2) is 11.2. The molecule has 0 radical (unpaired) electrons. The van der Waals surface area contributed by atoms with Crippen molar-refractivity contribution in [2.75, 3.05) is 20.8 Å². The Balaban J connectivity index is 1.04. The van der Waals surface area contributed by atoms with Crippen LogP contribution in [0, 0.1) is 5.41 Å². The van der Waals surface area contributed by atoms with Crippen molar-refractivity contribution in [3.8, 4) is 28.6 Å². The van der Waals surface area contributed by atoms with Gasteiger partial charge in [-0.2, -0.15) is 0 Å². The van der Waals surface area contributed by atoms with Crippen molar-refractivity contribution in [3.05, 3.63) is 58.6 Å². The first-order chi connectivity index (χ1) is 21.3. The number of aromatic nitrogens is 3.